The first kappa shape index (κ1) is 27.4. The Morgan fingerprint density at radius 1 is 0.396 bits per heavy atom. The van der Waals surface area contributed by atoms with Crippen LogP contribution in [0.4, 0.5) is 0 Å². The number of nitrogens with zero attached hydrogens (tertiary/aromatic N) is 3. The summed E-state index contributed by atoms with van der Waals surface area (Å²) in [6.45, 7) is 0. The molecule has 3 nitrogen and oxygen atoms in total. The average molecular weight is 648 g/mol. The van der Waals surface area contributed by atoms with Crippen LogP contribution in [0.15, 0.2) is 152 Å². The number of pyridine rings is 1. The van der Waals surface area contributed by atoms with Gasteiger partial charge in [-0.2, -0.15) is 0 Å². The molecule has 0 aliphatic carbocycles. The second-order valence-electron chi connectivity index (χ2n) is 12.0. The third kappa shape index (κ3) is 4.36. The van der Waals surface area contributed by atoms with Crippen molar-refractivity contribution in [1.82, 2.24) is 15.0 Å². The van der Waals surface area contributed by atoms with Crippen molar-refractivity contribution in [3.63, 3.8) is 0 Å². The van der Waals surface area contributed by atoms with E-state index in [0.717, 1.165) is 44.9 Å². The van der Waals surface area contributed by atoms with Crippen LogP contribution in [0.2, 0.25) is 0 Å². The van der Waals surface area contributed by atoms with E-state index in [1.807, 2.05) is 40.9 Å². The lowest BCUT2D eigenvalue weighted by Crippen LogP contribution is -1.96. The Morgan fingerprint density at radius 2 is 1.02 bits per heavy atom. The van der Waals surface area contributed by atoms with Gasteiger partial charge in [0.25, 0.3) is 0 Å². The van der Waals surface area contributed by atoms with Crippen LogP contribution < -0.4 is 0 Å². The van der Waals surface area contributed by atoms with Crippen LogP contribution in [0.5, 0.6) is 0 Å². The zero-order valence-electron chi connectivity index (χ0n) is 25.6. The van der Waals surface area contributed by atoms with Crippen molar-refractivity contribution < 1.29 is 0 Å². The van der Waals surface area contributed by atoms with Gasteiger partial charge in [-0.1, -0.05) is 121 Å². The molecule has 0 amide bonds. The first-order valence-corrected chi connectivity index (χ1v) is 17.6. The zero-order chi connectivity index (χ0) is 31.6. The molecule has 10 rings (SSSR count). The van der Waals surface area contributed by atoms with E-state index in [1.54, 1.807) is 0 Å². The molecule has 224 valence electrons. The van der Waals surface area contributed by atoms with Crippen molar-refractivity contribution in [3.05, 3.63) is 152 Å². The number of fused-ring (bicyclic) bond motifs is 8. The summed E-state index contributed by atoms with van der Waals surface area (Å²) in [5, 5.41) is 6.27. The highest BCUT2D eigenvalue weighted by Gasteiger charge is 2.18. The number of hydrogen-bond donors (Lipinski definition) is 0. The molecule has 0 aliphatic heterocycles. The molecule has 4 aromatic heterocycles. The van der Waals surface area contributed by atoms with Gasteiger partial charge in [0, 0.05) is 63.3 Å². The van der Waals surface area contributed by atoms with Crippen LogP contribution in [0.3, 0.4) is 0 Å². The van der Waals surface area contributed by atoms with Gasteiger partial charge in [0.05, 0.1) is 27.3 Å². The maximum atomic E-state index is 5.27. The number of rotatable bonds is 4. The maximum absolute atomic E-state index is 5.27. The van der Waals surface area contributed by atoms with Gasteiger partial charge in [0.15, 0.2) is 5.82 Å². The highest BCUT2D eigenvalue weighted by molar-refractivity contribution is 7.26. The Morgan fingerprint density at radius 3 is 1.90 bits per heavy atom. The van der Waals surface area contributed by atoms with Gasteiger partial charge in [0.1, 0.15) is 0 Å². The van der Waals surface area contributed by atoms with E-state index in [-0.39, 0.29) is 0 Å². The molecule has 48 heavy (non-hydrogen) atoms. The Hall–Kier alpha value is -5.75. The van der Waals surface area contributed by atoms with Crippen molar-refractivity contribution in [1.29, 1.82) is 0 Å². The predicted octanol–water partition coefficient (Wildman–Crippen LogP) is 12.4. The summed E-state index contributed by atoms with van der Waals surface area (Å²) in [5.41, 5.74) is 8.01. The molecule has 0 atom stereocenters. The van der Waals surface area contributed by atoms with Crippen molar-refractivity contribution in [3.8, 4) is 45.2 Å². The molecule has 0 saturated heterocycles. The number of thiophene rings is 2. The summed E-state index contributed by atoms with van der Waals surface area (Å²) in [5.74, 6) is 0.711. The monoisotopic (exact) mass is 647 g/mol. The quantitative estimate of drug-likeness (QED) is 0.191. The van der Waals surface area contributed by atoms with Gasteiger partial charge in [0.2, 0.25) is 0 Å². The van der Waals surface area contributed by atoms with Gasteiger partial charge in [-0.15, -0.1) is 22.7 Å². The van der Waals surface area contributed by atoms with Gasteiger partial charge in [-0.3, -0.25) is 0 Å². The highest BCUT2D eigenvalue weighted by atomic mass is 32.1. The van der Waals surface area contributed by atoms with Crippen LogP contribution in [0.25, 0.3) is 96.4 Å². The van der Waals surface area contributed by atoms with E-state index in [0.29, 0.717) is 5.82 Å². The molecule has 4 heterocycles. The standard InChI is InChI=1S/C43H25N3S2/c1-2-12-26(13-3-1)43-45-35(25-36(46-43)32-20-11-19-30-29-16-5-8-22-37(29)47-41(30)32)27-14-10-15-28(24-27)40-42-39(31-17-4-7-21-34(31)44-40)33-18-6-9-23-38(33)48-42/h1-25H. The lowest BCUT2D eigenvalue weighted by atomic mass is 10.0. The summed E-state index contributed by atoms with van der Waals surface area (Å²) < 4.78 is 4.99. The molecule has 0 N–H and O–H groups in total. The fourth-order valence-electron chi connectivity index (χ4n) is 6.85. The van der Waals surface area contributed by atoms with E-state index >= 15 is 0 Å². The van der Waals surface area contributed by atoms with E-state index in [9.17, 15) is 0 Å². The van der Waals surface area contributed by atoms with Gasteiger partial charge < -0.3 is 0 Å². The van der Waals surface area contributed by atoms with Crippen LogP contribution in [-0.2, 0) is 0 Å². The Bertz CT molecular complexity index is 2850. The molecule has 0 unspecified atom stereocenters. The predicted molar refractivity (Wildman–Crippen MR) is 205 cm³/mol. The largest absolute Gasteiger partial charge is 0.246 e. The van der Waals surface area contributed by atoms with E-state index in [4.69, 9.17) is 15.0 Å². The van der Waals surface area contributed by atoms with Gasteiger partial charge in [-0.25, -0.2) is 15.0 Å². The maximum Gasteiger partial charge on any atom is 0.160 e. The SMILES string of the molecule is c1ccc(-c2nc(-c3cccc(-c4nc5ccccc5c5c4sc4ccccc45)c3)cc(-c3cccc4c3sc3ccccc34)n2)cc1. The fourth-order valence-corrected chi connectivity index (χ4v) is 9.31. The minimum atomic E-state index is 0.711. The van der Waals surface area contributed by atoms with Crippen LogP contribution >= 0.6 is 22.7 Å². The molecule has 0 aliphatic rings. The molecule has 0 spiro atoms. The van der Waals surface area contributed by atoms with E-state index in [1.165, 1.54) is 45.7 Å². The van der Waals surface area contributed by atoms with E-state index in [2.05, 4.69) is 133 Å². The molecule has 0 saturated carbocycles. The Balaban J connectivity index is 1.20. The van der Waals surface area contributed by atoms with E-state index < -0.39 is 0 Å². The van der Waals surface area contributed by atoms with Crippen molar-refractivity contribution >= 4 is 73.9 Å². The highest BCUT2D eigenvalue weighted by Crippen LogP contribution is 2.44. The minimum Gasteiger partial charge on any atom is -0.246 e. The number of benzene rings is 6. The van der Waals surface area contributed by atoms with Crippen LogP contribution in [-0.4, -0.2) is 15.0 Å². The molecule has 6 aromatic carbocycles. The molecule has 0 fully saturated rings. The van der Waals surface area contributed by atoms with Gasteiger partial charge in [-0.05, 0) is 30.3 Å². The molecule has 10 aromatic rings. The molecule has 5 heteroatoms. The first-order valence-electron chi connectivity index (χ1n) is 15.9. The third-order valence-electron chi connectivity index (χ3n) is 9.09. The summed E-state index contributed by atoms with van der Waals surface area (Å²) in [6.07, 6.45) is 0. The van der Waals surface area contributed by atoms with Crippen LogP contribution in [0, 0.1) is 0 Å². The summed E-state index contributed by atoms with van der Waals surface area (Å²) in [7, 11) is 0. The van der Waals surface area contributed by atoms with Crippen molar-refractivity contribution in [2.75, 3.05) is 0 Å². The lowest BCUT2D eigenvalue weighted by Gasteiger charge is -2.12. The number of aromatic nitrogens is 3. The second-order valence-corrected chi connectivity index (χ2v) is 14.1. The Labute approximate surface area is 284 Å². The summed E-state index contributed by atoms with van der Waals surface area (Å²) in [4.78, 5) is 15.6. The molecular formula is C43H25N3S2. The lowest BCUT2D eigenvalue weighted by molar-refractivity contribution is 1.19. The smallest absolute Gasteiger partial charge is 0.160 e. The zero-order valence-corrected chi connectivity index (χ0v) is 27.2. The normalized spacial score (nSPS) is 11.8. The minimum absolute atomic E-state index is 0.711. The molecule has 0 bridgehead atoms. The second kappa shape index (κ2) is 10.9. The number of para-hydroxylation sites is 1. The van der Waals surface area contributed by atoms with Crippen LogP contribution in [0.1, 0.15) is 0 Å². The fraction of sp³-hybridized carbons (Fsp3) is 0. The topological polar surface area (TPSA) is 38.7 Å². The summed E-state index contributed by atoms with van der Waals surface area (Å²) >= 11 is 3.64. The van der Waals surface area contributed by atoms with Crippen molar-refractivity contribution in [2.45, 2.75) is 0 Å². The molecular weight excluding hydrogens is 623 g/mol. The van der Waals surface area contributed by atoms with Crippen molar-refractivity contribution in [2.24, 2.45) is 0 Å². The average Bonchev–Trinajstić information content (AvgIpc) is 3.74. The Kier molecular flexibility index (Phi) is 6.22. The summed E-state index contributed by atoms with van der Waals surface area (Å²) in [6, 6.07) is 53.4. The van der Waals surface area contributed by atoms with Gasteiger partial charge >= 0.3 is 0 Å². The first-order chi connectivity index (χ1) is 23.8. The third-order valence-corrected chi connectivity index (χ3v) is 11.5. The number of hydrogen-bond acceptors (Lipinski definition) is 5. The molecule has 0 radical (unpaired) electrons.